The topological polar surface area (TPSA) is 135 Å². The van der Waals surface area contributed by atoms with Gasteiger partial charge in [0.05, 0.1) is 18.1 Å². The van der Waals surface area contributed by atoms with Crippen molar-refractivity contribution in [2.24, 2.45) is 0 Å². The van der Waals surface area contributed by atoms with Crippen LogP contribution in [0.2, 0.25) is 0 Å². The van der Waals surface area contributed by atoms with Crippen LogP contribution in [0.1, 0.15) is 6.92 Å². The van der Waals surface area contributed by atoms with Crippen LogP contribution in [0.25, 0.3) is 22.4 Å². The van der Waals surface area contributed by atoms with Crippen LogP contribution in [-0.4, -0.2) is 48.5 Å². The van der Waals surface area contributed by atoms with Crippen molar-refractivity contribution in [3.05, 3.63) is 30.7 Å². The largest absolute Gasteiger partial charge is 0.463 e. The fourth-order valence-electron chi connectivity index (χ4n) is 1.99. The summed E-state index contributed by atoms with van der Waals surface area (Å²) in [4.78, 5) is 35.2. The molecule has 0 saturated carbocycles. The van der Waals surface area contributed by atoms with Gasteiger partial charge in [-0.2, -0.15) is 9.78 Å². The summed E-state index contributed by atoms with van der Waals surface area (Å²) in [5.74, 6) is 0.334. The molecule has 3 rings (SSSR count). The van der Waals surface area contributed by atoms with E-state index in [0.29, 0.717) is 34.8 Å². The molecule has 0 radical (unpaired) electrons. The van der Waals surface area contributed by atoms with E-state index in [-0.39, 0.29) is 6.03 Å². The second-order valence-corrected chi connectivity index (χ2v) is 4.74. The Kier molecular flexibility index (Phi) is 4.01. The molecule has 0 aromatic carbocycles. The number of fused-ring (bicyclic) bond motifs is 1. The Labute approximate surface area is 135 Å². The van der Waals surface area contributed by atoms with Crippen LogP contribution in [-0.2, 0) is 0 Å². The number of aromatic nitrogens is 5. The Morgan fingerprint density at radius 2 is 2.08 bits per heavy atom. The molecule has 3 aromatic rings. The quantitative estimate of drug-likeness (QED) is 0.664. The highest BCUT2D eigenvalue weighted by Gasteiger charge is 2.10. The van der Waals surface area contributed by atoms with Crippen molar-refractivity contribution in [1.82, 2.24) is 30.0 Å². The maximum absolute atomic E-state index is 11.5. The van der Waals surface area contributed by atoms with Gasteiger partial charge in [0.15, 0.2) is 5.65 Å². The van der Waals surface area contributed by atoms with Gasteiger partial charge in [0.25, 0.3) is 0 Å². The SMILES string of the molecule is CCNC(=O)Nc1ccc2ncc(-c3cnn(C(=O)O)c3)nc2n1. The van der Waals surface area contributed by atoms with Crippen molar-refractivity contribution in [2.45, 2.75) is 6.92 Å². The summed E-state index contributed by atoms with van der Waals surface area (Å²) >= 11 is 0. The Morgan fingerprint density at radius 3 is 2.79 bits per heavy atom. The summed E-state index contributed by atoms with van der Waals surface area (Å²) in [7, 11) is 0. The molecule has 0 atom stereocenters. The standard InChI is InChI=1S/C14H13N7O3/c1-2-15-13(22)20-11-4-3-9-12(19-11)18-10(6-16-9)8-5-17-21(7-8)14(23)24/h3-7H,2H2,1H3,(H,23,24)(H2,15,18,19,20,22). The number of rotatable bonds is 3. The average molecular weight is 327 g/mol. The van der Waals surface area contributed by atoms with Gasteiger partial charge in [-0.15, -0.1) is 0 Å². The molecule has 2 amide bonds. The molecule has 0 saturated heterocycles. The lowest BCUT2D eigenvalue weighted by atomic mass is 10.2. The summed E-state index contributed by atoms with van der Waals surface area (Å²) < 4.78 is 0.779. The lowest BCUT2D eigenvalue weighted by Gasteiger charge is -2.06. The molecule has 3 heterocycles. The fourth-order valence-corrected chi connectivity index (χ4v) is 1.99. The van der Waals surface area contributed by atoms with Crippen molar-refractivity contribution >= 4 is 29.1 Å². The maximum Gasteiger partial charge on any atom is 0.432 e. The molecule has 122 valence electrons. The first-order chi connectivity index (χ1) is 11.6. The number of nitrogens with one attached hydrogen (secondary N) is 2. The van der Waals surface area contributed by atoms with Crippen molar-refractivity contribution in [3.8, 4) is 11.3 Å². The van der Waals surface area contributed by atoms with Gasteiger partial charge in [0, 0.05) is 18.3 Å². The van der Waals surface area contributed by atoms with Crippen LogP contribution in [0, 0.1) is 0 Å². The molecule has 0 bridgehead atoms. The maximum atomic E-state index is 11.5. The summed E-state index contributed by atoms with van der Waals surface area (Å²) in [5.41, 5.74) is 1.80. The second kappa shape index (κ2) is 6.28. The third-order valence-corrected chi connectivity index (χ3v) is 3.06. The van der Waals surface area contributed by atoms with E-state index in [2.05, 4.69) is 30.7 Å². The van der Waals surface area contributed by atoms with E-state index in [0.717, 1.165) is 4.68 Å². The molecule has 24 heavy (non-hydrogen) atoms. The summed E-state index contributed by atoms with van der Waals surface area (Å²) in [6.07, 6.45) is 3.02. The molecule has 10 heteroatoms. The number of anilines is 1. The van der Waals surface area contributed by atoms with E-state index < -0.39 is 6.09 Å². The highest BCUT2D eigenvalue weighted by Crippen LogP contribution is 2.18. The molecular formula is C14H13N7O3. The fraction of sp³-hybridized carbons (Fsp3) is 0.143. The number of carboxylic acid groups (broad SMARTS) is 1. The van der Waals surface area contributed by atoms with E-state index in [1.165, 1.54) is 18.6 Å². The number of amides is 2. The predicted octanol–water partition coefficient (Wildman–Crippen LogP) is 1.56. The van der Waals surface area contributed by atoms with Crippen molar-refractivity contribution in [3.63, 3.8) is 0 Å². The first-order valence-corrected chi connectivity index (χ1v) is 7.04. The molecular weight excluding hydrogens is 314 g/mol. The van der Waals surface area contributed by atoms with Crippen molar-refractivity contribution in [2.75, 3.05) is 11.9 Å². The minimum atomic E-state index is -1.19. The van der Waals surface area contributed by atoms with Crippen LogP contribution in [0.5, 0.6) is 0 Å². The minimum Gasteiger partial charge on any atom is -0.463 e. The van der Waals surface area contributed by atoms with Gasteiger partial charge < -0.3 is 10.4 Å². The molecule has 3 N–H and O–H groups in total. The van der Waals surface area contributed by atoms with Gasteiger partial charge in [0.2, 0.25) is 0 Å². The first kappa shape index (κ1) is 15.3. The summed E-state index contributed by atoms with van der Waals surface area (Å²) in [5, 5.41) is 17.8. The average Bonchev–Trinajstić information content (AvgIpc) is 3.04. The Morgan fingerprint density at radius 1 is 1.25 bits per heavy atom. The van der Waals surface area contributed by atoms with Crippen molar-refractivity contribution in [1.29, 1.82) is 0 Å². The minimum absolute atomic E-state index is 0.324. The number of nitrogens with zero attached hydrogens (tertiary/aromatic N) is 5. The van der Waals surface area contributed by atoms with E-state index in [9.17, 15) is 9.59 Å². The van der Waals surface area contributed by atoms with Gasteiger partial charge in [-0.1, -0.05) is 0 Å². The van der Waals surface area contributed by atoms with Crippen LogP contribution < -0.4 is 10.6 Å². The molecule has 0 unspecified atom stereocenters. The van der Waals surface area contributed by atoms with Gasteiger partial charge in [-0.25, -0.2) is 19.6 Å². The zero-order chi connectivity index (χ0) is 17.1. The number of carbonyl (C=O) groups is 2. The van der Waals surface area contributed by atoms with Crippen LogP contribution in [0.15, 0.2) is 30.7 Å². The number of carbonyl (C=O) groups excluding carboxylic acids is 1. The lowest BCUT2D eigenvalue weighted by Crippen LogP contribution is -2.28. The van der Waals surface area contributed by atoms with Crippen LogP contribution >= 0.6 is 0 Å². The first-order valence-electron chi connectivity index (χ1n) is 7.04. The van der Waals surface area contributed by atoms with Crippen molar-refractivity contribution < 1.29 is 14.7 Å². The van der Waals surface area contributed by atoms with E-state index in [1.54, 1.807) is 12.1 Å². The highest BCUT2D eigenvalue weighted by atomic mass is 16.4. The summed E-state index contributed by atoms with van der Waals surface area (Å²) in [6.45, 7) is 2.30. The number of pyridine rings is 1. The van der Waals surface area contributed by atoms with E-state index in [1.807, 2.05) is 6.92 Å². The van der Waals surface area contributed by atoms with Crippen LogP contribution in [0.4, 0.5) is 15.4 Å². The Bertz CT molecular complexity index is 922. The van der Waals surface area contributed by atoms with Gasteiger partial charge in [0.1, 0.15) is 11.3 Å². The molecule has 0 aliphatic heterocycles. The number of urea groups is 1. The van der Waals surface area contributed by atoms with Crippen LogP contribution in [0.3, 0.4) is 0 Å². The zero-order valence-corrected chi connectivity index (χ0v) is 12.6. The molecule has 0 aliphatic carbocycles. The third kappa shape index (κ3) is 3.11. The zero-order valence-electron chi connectivity index (χ0n) is 12.6. The highest BCUT2D eigenvalue weighted by molar-refractivity contribution is 5.89. The second-order valence-electron chi connectivity index (χ2n) is 4.74. The lowest BCUT2D eigenvalue weighted by molar-refractivity contribution is 0.192. The Balaban J connectivity index is 1.93. The monoisotopic (exact) mass is 327 g/mol. The summed E-state index contributed by atoms with van der Waals surface area (Å²) in [6, 6.07) is 2.94. The van der Waals surface area contributed by atoms with Gasteiger partial charge in [-0.3, -0.25) is 10.3 Å². The van der Waals surface area contributed by atoms with E-state index in [4.69, 9.17) is 5.11 Å². The van der Waals surface area contributed by atoms with Gasteiger partial charge in [-0.05, 0) is 19.1 Å². The smallest absolute Gasteiger partial charge is 0.432 e. The molecule has 0 aliphatic rings. The predicted molar refractivity (Wildman–Crippen MR) is 84.7 cm³/mol. The molecule has 0 fully saturated rings. The number of hydrogen-bond acceptors (Lipinski definition) is 6. The third-order valence-electron chi connectivity index (χ3n) is 3.06. The van der Waals surface area contributed by atoms with E-state index >= 15 is 0 Å². The molecule has 3 aromatic heterocycles. The van der Waals surface area contributed by atoms with Gasteiger partial charge >= 0.3 is 12.1 Å². The molecule has 10 nitrogen and oxygen atoms in total. The molecule has 0 spiro atoms. The Hall–Kier alpha value is -3.56. The normalized spacial score (nSPS) is 10.5. The number of hydrogen-bond donors (Lipinski definition) is 3.